The summed E-state index contributed by atoms with van der Waals surface area (Å²) in [5.41, 5.74) is 1.18. The number of morpholine rings is 1. The molecule has 0 bridgehead atoms. The van der Waals surface area contributed by atoms with Gasteiger partial charge in [0, 0.05) is 31.7 Å². The van der Waals surface area contributed by atoms with E-state index in [4.69, 9.17) is 9.73 Å². The summed E-state index contributed by atoms with van der Waals surface area (Å²) in [5, 5.41) is 3.40. The fraction of sp³-hybridized carbons (Fsp3) is 0.500. The summed E-state index contributed by atoms with van der Waals surface area (Å²) in [7, 11) is 0. The lowest BCUT2D eigenvalue weighted by molar-refractivity contribution is 0.0359. The number of benzene rings is 1. The number of hydrogen-bond acceptors (Lipinski definition) is 4. The van der Waals surface area contributed by atoms with E-state index in [0.29, 0.717) is 6.04 Å². The van der Waals surface area contributed by atoms with Crippen molar-refractivity contribution in [2.45, 2.75) is 6.04 Å². The molecular weight excluding hydrogens is 226 g/mol. The van der Waals surface area contributed by atoms with Gasteiger partial charge in [-0.1, -0.05) is 30.3 Å². The van der Waals surface area contributed by atoms with E-state index < -0.39 is 0 Å². The average molecular weight is 245 g/mol. The van der Waals surface area contributed by atoms with Crippen molar-refractivity contribution >= 4 is 5.84 Å². The fourth-order valence-electron chi connectivity index (χ4n) is 2.45. The fourth-order valence-corrected chi connectivity index (χ4v) is 2.45. The van der Waals surface area contributed by atoms with E-state index >= 15 is 0 Å². The molecule has 1 aromatic rings. The Labute approximate surface area is 108 Å². The first kappa shape index (κ1) is 11.7. The van der Waals surface area contributed by atoms with E-state index in [0.717, 1.165) is 45.2 Å². The Morgan fingerprint density at radius 2 is 2.00 bits per heavy atom. The molecule has 3 rings (SSSR count). The van der Waals surface area contributed by atoms with Gasteiger partial charge >= 0.3 is 0 Å². The Morgan fingerprint density at radius 1 is 1.22 bits per heavy atom. The smallest absolute Gasteiger partial charge is 0.128 e. The van der Waals surface area contributed by atoms with Gasteiger partial charge in [0.25, 0.3) is 0 Å². The van der Waals surface area contributed by atoms with Crippen LogP contribution in [0.15, 0.2) is 35.3 Å². The van der Waals surface area contributed by atoms with Gasteiger partial charge in [-0.3, -0.25) is 9.89 Å². The molecule has 2 aliphatic heterocycles. The number of hydrogen-bond donors (Lipinski definition) is 1. The van der Waals surface area contributed by atoms with Gasteiger partial charge in [0.2, 0.25) is 0 Å². The standard InChI is InChI=1S/C14H19N3O/c1-2-4-12(5-3-1)14-15-10-13(16-14)11-17-6-8-18-9-7-17/h1-5,13H,6-11H2,(H,15,16). The molecular formula is C14H19N3O. The quantitative estimate of drug-likeness (QED) is 0.853. The van der Waals surface area contributed by atoms with Crippen molar-refractivity contribution in [1.29, 1.82) is 0 Å². The Balaban J connectivity index is 1.61. The first-order valence-electron chi connectivity index (χ1n) is 6.59. The maximum Gasteiger partial charge on any atom is 0.128 e. The number of ether oxygens (including phenoxy) is 1. The molecule has 0 aromatic heterocycles. The second-order valence-electron chi connectivity index (χ2n) is 4.79. The summed E-state index contributed by atoms with van der Waals surface area (Å²) >= 11 is 0. The third-order valence-electron chi connectivity index (χ3n) is 3.44. The minimum absolute atomic E-state index is 0.373. The van der Waals surface area contributed by atoms with E-state index in [1.165, 1.54) is 5.56 Å². The molecule has 1 atom stereocenters. The Bertz CT molecular complexity index is 412. The lowest BCUT2D eigenvalue weighted by Gasteiger charge is -2.27. The molecule has 2 aliphatic rings. The molecule has 0 amide bonds. The van der Waals surface area contributed by atoms with Gasteiger partial charge in [-0.2, -0.15) is 0 Å². The SMILES string of the molecule is c1ccc(C2=NC(CN3CCOCC3)CN2)cc1. The zero-order chi connectivity index (χ0) is 12.2. The Hall–Kier alpha value is -1.39. The van der Waals surface area contributed by atoms with E-state index in [1.807, 2.05) is 6.07 Å². The van der Waals surface area contributed by atoms with Crippen LogP contribution in [0.25, 0.3) is 0 Å². The van der Waals surface area contributed by atoms with Crippen LogP contribution < -0.4 is 5.32 Å². The molecule has 4 nitrogen and oxygen atoms in total. The summed E-state index contributed by atoms with van der Waals surface area (Å²) in [4.78, 5) is 7.21. The van der Waals surface area contributed by atoms with Crippen molar-refractivity contribution in [2.75, 3.05) is 39.4 Å². The van der Waals surface area contributed by atoms with Crippen molar-refractivity contribution in [3.8, 4) is 0 Å². The van der Waals surface area contributed by atoms with Crippen LogP contribution in [-0.2, 0) is 4.74 Å². The first-order valence-corrected chi connectivity index (χ1v) is 6.59. The number of amidine groups is 1. The van der Waals surface area contributed by atoms with E-state index in [2.05, 4.69) is 34.5 Å². The topological polar surface area (TPSA) is 36.9 Å². The molecule has 2 heterocycles. The monoisotopic (exact) mass is 245 g/mol. The van der Waals surface area contributed by atoms with Gasteiger partial charge in [-0.05, 0) is 0 Å². The van der Waals surface area contributed by atoms with E-state index in [1.54, 1.807) is 0 Å². The van der Waals surface area contributed by atoms with Gasteiger partial charge in [0.15, 0.2) is 0 Å². The normalized spacial score (nSPS) is 24.7. The summed E-state index contributed by atoms with van der Waals surface area (Å²) in [6.45, 7) is 5.76. The highest BCUT2D eigenvalue weighted by molar-refractivity contribution is 5.99. The second-order valence-corrected chi connectivity index (χ2v) is 4.79. The average Bonchev–Trinajstić information content (AvgIpc) is 2.89. The van der Waals surface area contributed by atoms with E-state index in [9.17, 15) is 0 Å². The largest absolute Gasteiger partial charge is 0.379 e. The summed E-state index contributed by atoms with van der Waals surface area (Å²) < 4.78 is 5.36. The Morgan fingerprint density at radius 3 is 2.78 bits per heavy atom. The highest BCUT2D eigenvalue weighted by Gasteiger charge is 2.21. The van der Waals surface area contributed by atoms with Crippen LogP contribution in [0.1, 0.15) is 5.56 Å². The molecule has 1 unspecified atom stereocenters. The lowest BCUT2D eigenvalue weighted by Crippen LogP contribution is -2.41. The molecule has 1 N–H and O–H groups in total. The molecule has 1 aromatic carbocycles. The number of nitrogens with one attached hydrogen (secondary N) is 1. The van der Waals surface area contributed by atoms with E-state index in [-0.39, 0.29) is 0 Å². The molecule has 18 heavy (non-hydrogen) atoms. The van der Waals surface area contributed by atoms with Crippen molar-refractivity contribution in [3.05, 3.63) is 35.9 Å². The summed E-state index contributed by atoms with van der Waals surface area (Å²) in [6.07, 6.45) is 0. The Kier molecular flexibility index (Phi) is 3.57. The third kappa shape index (κ3) is 2.71. The molecule has 96 valence electrons. The number of rotatable bonds is 3. The van der Waals surface area contributed by atoms with Crippen LogP contribution in [0.4, 0.5) is 0 Å². The highest BCUT2D eigenvalue weighted by atomic mass is 16.5. The first-order chi connectivity index (χ1) is 8.92. The van der Waals surface area contributed by atoms with Gasteiger partial charge < -0.3 is 10.1 Å². The predicted molar refractivity (Wildman–Crippen MR) is 72.0 cm³/mol. The van der Waals surface area contributed by atoms with Crippen LogP contribution >= 0.6 is 0 Å². The molecule has 1 fully saturated rings. The molecule has 4 heteroatoms. The van der Waals surface area contributed by atoms with Gasteiger partial charge in [-0.15, -0.1) is 0 Å². The number of nitrogens with zero attached hydrogens (tertiary/aromatic N) is 2. The second kappa shape index (κ2) is 5.50. The predicted octanol–water partition coefficient (Wildman–Crippen LogP) is 0.737. The van der Waals surface area contributed by atoms with Crippen LogP contribution in [-0.4, -0.2) is 56.2 Å². The van der Waals surface area contributed by atoms with Gasteiger partial charge in [0.1, 0.15) is 5.84 Å². The van der Waals surface area contributed by atoms with Crippen LogP contribution in [0.3, 0.4) is 0 Å². The van der Waals surface area contributed by atoms with Gasteiger partial charge in [-0.25, -0.2) is 0 Å². The maximum atomic E-state index is 5.36. The van der Waals surface area contributed by atoms with Crippen molar-refractivity contribution in [1.82, 2.24) is 10.2 Å². The summed E-state index contributed by atoms with van der Waals surface area (Å²) in [6, 6.07) is 10.7. The minimum Gasteiger partial charge on any atom is -0.379 e. The van der Waals surface area contributed by atoms with Crippen LogP contribution in [0.2, 0.25) is 0 Å². The molecule has 0 saturated carbocycles. The van der Waals surface area contributed by atoms with Crippen molar-refractivity contribution < 1.29 is 4.74 Å². The zero-order valence-corrected chi connectivity index (χ0v) is 10.5. The molecule has 1 saturated heterocycles. The minimum atomic E-state index is 0.373. The zero-order valence-electron chi connectivity index (χ0n) is 10.5. The van der Waals surface area contributed by atoms with Crippen molar-refractivity contribution in [2.24, 2.45) is 4.99 Å². The van der Waals surface area contributed by atoms with Crippen molar-refractivity contribution in [3.63, 3.8) is 0 Å². The molecule has 0 spiro atoms. The molecule has 0 aliphatic carbocycles. The lowest BCUT2D eigenvalue weighted by atomic mass is 10.2. The third-order valence-corrected chi connectivity index (χ3v) is 3.44. The highest BCUT2D eigenvalue weighted by Crippen LogP contribution is 2.09. The van der Waals surface area contributed by atoms with Crippen LogP contribution in [0, 0.1) is 0 Å². The number of aliphatic imine (C=N–C) groups is 1. The van der Waals surface area contributed by atoms with Crippen LogP contribution in [0.5, 0.6) is 0 Å². The maximum absolute atomic E-state index is 5.36. The summed E-state index contributed by atoms with van der Waals surface area (Å²) in [5.74, 6) is 1.04. The molecule has 0 radical (unpaired) electrons. The van der Waals surface area contributed by atoms with Gasteiger partial charge in [0.05, 0.1) is 19.3 Å².